The summed E-state index contributed by atoms with van der Waals surface area (Å²) in [5.41, 5.74) is 1.26. The third-order valence-electron chi connectivity index (χ3n) is 4.34. The zero-order chi connectivity index (χ0) is 17.4. The van der Waals surface area contributed by atoms with Crippen LogP contribution in [0.1, 0.15) is 49.3 Å². The van der Waals surface area contributed by atoms with Gasteiger partial charge in [-0.05, 0) is 51.7 Å². The molecule has 5 nitrogen and oxygen atoms in total. The van der Waals surface area contributed by atoms with E-state index in [9.17, 15) is 9.90 Å². The lowest BCUT2D eigenvalue weighted by molar-refractivity contribution is 0.00578. The molecule has 2 rings (SSSR count). The molecule has 23 heavy (non-hydrogen) atoms. The van der Waals surface area contributed by atoms with Gasteiger partial charge < -0.3 is 14.4 Å². The fourth-order valence-electron chi connectivity index (χ4n) is 2.26. The van der Waals surface area contributed by atoms with Crippen LogP contribution in [-0.4, -0.2) is 40.1 Å². The number of aryl methyl sites for hydroxylation is 1. The van der Waals surface area contributed by atoms with Gasteiger partial charge in [0.05, 0.1) is 11.2 Å². The Kier molecular flexibility index (Phi) is 4.94. The third kappa shape index (κ3) is 3.62. The molecule has 1 aliphatic heterocycles. The largest absolute Gasteiger partial charge is 0.491 e. The molecular formula is C16H22BNO4S. The van der Waals surface area contributed by atoms with Crippen LogP contribution >= 0.6 is 12.6 Å². The first-order chi connectivity index (χ1) is 10.6. The summed E-state index contributed by atoms with van der Waals surface area (Å²) in [4.78, 5) is 15.4. The van der Waals surface area contributed by atoms with Crippen LogP contribution in [0, 0.1) is 6.92 Å². The van der Waals surface area contributed by atoms with Crippen LogP contribution in [0.3, 0.4) is 0 Å². The maximum Gasteiger partial charge on any atom is 0.491 e. The van der Waals surface area contributed by atoms with Gasteiger partial charge in [-0.25, -0.2) is 9.78 Å². The normalized spacial score (nSPS) is 19.9. The number of pyridine rings is 1. The summed E-state index contributed by atoms with van der Waals surface area (Å²) in [6.07, 6.45) is 3.29. The van der Waals surface area contributed by atoms with Crippen molar-refractivity contribution in [3.8, 4) is 0 Å². The zero-order valence-electron chi connectivity index (χ0n) is 14.1. The Morgan fingerprint density at radius 2 is 1.91 bits per heavy atom. The molecule has 7 heteroatoms. The maximum atomic E-state index is 11.4. The minimum Gasteiger partial charge on any atom is -0.476 e. The molecule has 0 unspecified atom stereocenters. The van der Waals surface area contributed by atoms with Gasteiger partial charge in [0.15, 0.2) is 5.69 Å². The molecule has 124 valence electrons. The Morgan fingerprint density at radius 3 is 2.39 bits per heavy atom. The number of thiol groups is 1. The van der Waals surface area contributed by atoms with E-state index in [2.05, 4.69) is 17.6 Å². The summed E-state index contributed by atoms with van der Waals surface area (Å²) in [5.74, 6) is -0.673. The first-order valence-corrected chi connectivity index (χ1v) is 8.07. The van der Waals surface area contributed by atoms with Gasteiger partial charge >= 0.3 is 13.1 Å². The van der Waals surface area contributed by atoms with Gasteiger partial charge in [0.1, 0.15) is 0 Å². The molecule has 2 heterocycles. The van der Waals surface area contributed by atoms with Gasteiger partial charge in [-0.15, -0.1) is 0 Å². The van der Waals surface area contributed by atoms with Crippen LogP contribution < -0.4 is 0 Å². The van der Waals surface area contributed by atoms with E-state index in [1.165, 1.54) is 6.20 Å². The molecule has 0 amide bonds. The molecule has 0 aromatic carbocycles. The number of nitrogens with zero attached hydrogens (tertiary/aromatic N) is 1. The minimum atomic E-state index is -1.07. The van der Waals surface area contributed by atoms with E-state index in [0.29, 0.717) is 11.3 Å². The lowest BCUT2D eigenvalue weighted by Crippen LogP contribution is -2.41. The smallest absolute Gasteiger partial charge is 0.476 e. The van der Waals surface area contributed by atoms with Gasteiger partial charge in [0, 0.05) is 17.5 Å². The number of hydrogen-bond donors (Lipinski definition) is 2. The summed E-state index contributed by atoms with van der Waals surface area (Å²) >= 11 is 4.35. The first-order valence-electron chi connectivity index (χ1n) is 7.44. The Morgan fingerprint density at radius 1 is 1.35 bits per heavy atom. The summed E-state index contributed by atoms with van der Waals surface area (Å²) in [6.45, 7) is 9.76. The molecule has 0 radical (unpaired) electrons. The molecule has 0 saturated carbocycles. The number of carbonyl (C=O) groups is 1. The Labute approximate surface area is 142 Å². The average molecular weight is 335 g/mol. The van der Waals surface area contributed by atoms with Crippen molar-refractivity contribution in [2.45, 2.75) is 45.8 Å². The highest BCUT2D eigenvalue weighted by Crippen LogP contribution is 2.39. The second-order valence-electron chi connectivity index (χ2n) is 6.72. The number of aromatic carboxylic acids is 1. The van der Waals surface area contributed by atoms with Crippen LogP contribution in [0.25, 0.3) is 6.08 Å². The number of carboxylic acids is 1. The van der Waals surface area contributed by atoms with Crippen molar-refractivity contribution in [3.63, 3.8) is 0 Å². The van der Waals surface area contributed by atoms with Crippen LogP contribution in [0.15, 0.2) is 17.7 Å². The molecule has 0 atom stereocenters. The first kappa shape index (κ1) is 18.0. The lowest BCUT2D eigenvalue weighted by Gasteiger charge is -2.32. The second kappa shape index (κ2) is 6.30. The van der Waals surface area contributed by atoms with Crippen molar-refractivity contribution < 1.29 is 19.2 Å². The number of carboxylic acid groups (broad SMARTS) is 1. The van der Waals surface area contributed by atoms with E-state index in [4.69, 9.17) is 9.31 Å². The molecule has 1 N–H and O–H groups in total. The van der Waals surface area contributed by atoms with E-state index >= 15 is 0 Å². The predicted octanol–water partition coefficient (Wildman–Crippen LogP) is 3.03. The predicted molar refractivity (Wildman–Crippen MR) is 93.8 cm³/mol. The minimum absolute atomic E-state index is 0.00593. The molecule has 1 aromatic heterocycles. The molecule has 1 aliphatic rings. The highest BCUT2D eigenvalue weighted by atomic mass is 32.1. The van der Waals surface area contributed by atoms with E-state index in [-0.39, 0.29) is 5.69 Å². The van der Waals surface area contributed by atoms with Crippen molar-refractivity contribution in [3.05, 3.63) is 34.6 Å². The van der Waals surface area contributed by atoms with Crippen molar-refractivity contribution in [1.29, 1.82) is 0 Å². The molecular weight excluding hydrogens is 313 g/mol. The summed E-state index contributed by atoms with van der Waals surface area (Å²) in [6, 6.07) is 1.78. The summed E-state index contributed by atoms with van der Waals surface area (Å²) < 4.78 is 12.0. The fraction of sp³-hybridized carbons (Fsp3) is 0.500. The number of hydrogen-bond acceptors (Lipinski definition) is 5. The van der Waals surface area contributed by atoms with Crippen molar-refractivity contribution in [2.75, 3.05) is 5.75 Å². The highest BCUT2D eigenvalue weighted by Gasteiger charge is 2.52. The Bertz CT molecular complexity index is 641. The quantitative estimate of drug-likeness (QED) is 0.654. The Hall–Kier alpha value is -1.31. The topological polar surface area (TPSA) is 68.7 Å². The molecule has 1 fully saturated rings. The van der Waals surface area contributed by atoms with E-state index in [0.717, 1.165) is 11.0 Å². The number of aromatic nitrogens is 1. The molecule has 0 bridgehead atoms. The van der Waals surface area contributed by atoms with Crippen molar-refractivity contribution in [2.24, 2.45) is 0 Å². The van der Waals surface area contributed by atoms with Crippen molar-refractivity contribution >= 4 is 31.8 Å². The summed E-state index contributed by atoms with van der Waals surface area (Å²) in [7, 11) is -0.556. The van der Waals surface area contributed by atoms with Crippen LogP contribution in [0.4, 0.5) is 0 Å². The van der Waals surface area contributed by atoms with Gasteiger partial charge in [-0.2, -0.15) is 12.6 Å². The lowest BCUT2D eigenvalue weighted by atomic mass is 9.78. The second-order valence-corrected chi connectivity index (χ2v) is 7.04. The monoisotopic (exact) mass is 335 g/mol. The van der Waals surface area contributed by atoms with Crippen LogP contribution in [-0.2, 0) is 9.31 Å². The molecule has 1 aromatic rings. The highest BCUT2D eigenvalue weighted by molar-refractivity contribution is 7.80. The van der Waals surface area contributed by atoms with Gasteiger partial charge in [0.25, 0.3) is 0 Å². The van der Waals surface area contributed by atoms with Gasteiger partial charge in [-0.1, -0.05) is 6.08 Å². The Balaban J connectivity index is 2.41. The average Bonchev–Trinajstić information content (AvgIpc) is 2.64. The molecule has 1 saturated heterocycles. The van der Waals surface area contributed by atoms with Gasteiger partial charge in [-0.3, -0.25) is 0 Å². The molecule has 0 aliphatic carbocycles. The third-order valence-corrected chi connectivity index (χ3v) is 4.70. The zero-order valence-corrected chi connectivity index (χ0v) is 15.0. The van der Waals surface area contributed by atoms with Crippen LogP contribution in [0.2, 0.25) is 0 Å². The van der Waals surface area contributed by atoms with E-state index in [1.807, 2.05) is 34.6 Å². The maximum absolute atomic E-state index is 11.4. The summed E-state index contributed by atoms with van der Waals surface area (Å²) in [5, 5.41) is 9.30. The number of rotatable bonds is 4. The fourth-order valence-corrected chi connectivity index (χ4v) is 2.50. The van der Waals surface area contributed by atoms with E-state index in [1.54, 1.807) is 12.1 Å². The standard InChI is InChI=1S/C16H22BNO4S/c1-10-6-11(13(14(19)20)18-8-10)7-12(9-23)17-21-15(2,3)16(4,5)22-17/h6-8,23H,9H2,1-5H3,(H,19,20). The van der Waals surface area contributed by atoms with Gasteiger partial charge in [0.2, 0.25) is 0 Å². The molecule has 0 spiro atoms. The van der Waals surface area contributed by atoms with E-state index < -0.39 is 24.3 Å². The van der Waals surface area contributed by atoms with Crippen LogP contribution in [0.5, 0.6) is 0 Å². The SMILES string of the molecule is Cc1cnc(C(=O)O)c(C=C(CS)B2OC(C)(C)C(C)(C)O2)c1. The van der Waals surface area contributed by atoms with Crippen molar-refractivity contribution in [1.82, 2.24) is 4.98 Å².